The number of benzene rings is 1. The first-order chi connectivity index (χ1) is 11.2. The summed E-state index contributed by atoms with van der Waals surface area (Å²) in [6.45, 7) is 0. The molecule has 0 unspecified atom stereocenters. The van der Waals surface area contributed by atoms with E-state index in [0.717, 1.165) is 6.42 Å². The van der Waals surface area contributed by atoms with Crippen molar-refractivity contribution in [3.05, 3.63) is 34.9 Å². The Morgan fingerprint density at radius 2 is 2.08 bits per heavy atom. The van der Waals surface area contributed by atoms with Crippen molar-refractivity contribution in [2.24, 2.45) is 11.0 Å². The average molecular weight is 361 g/mol. The standard InChI is InChI=1S/C16H16ClF3N2O2/c17-11-6-4-5-10(9-11)14(23)22-15(24,16(18,19)20)12-7-2-1-3-8-13(12)21-22/h4-6,9,12,24H,1-3,7-8H2/t12-,15-/m0/s1. The zero-order valence-electron chi connectivity index (χ0n) is 12.7. The number of hydrogen-bond acceptors (Lipinski definition) is 3. The topological polar surface area (TPSA) is 52.9 Å². The van der Waals surface area contributed by atoms with Gasteiger partial charge in [0.05, 0.1) is 5.92 Å². The molecule has 0 radical (unpaired) electrons. The van der Waals surface area contributed by atoms with Crippen molar-refractivity contribution in [1.29, 1.82) is 0 Å². The molecule has 1 aromatic carbocycles. The minimum atomic E-state index is -5.01. The quantitative estimate of drug-likeness (QED) is 0.823. The summed E-state index contributed by atoms with van der Waals surface area (Å²) in [5.74, 6) is -2.24. The lowest BCUT2D eigenvalue weighted by molar-refractivity contribution is -0.312. The smallest absolute Gasteiger partial charge is 0.362 e. The third-order valence-corrected chi connectivity index (χ3v) is 4.78. The molecule has 24 heavy (non-hydrogen) atoms. The van der Waals surface area contributed by atoms with E-state index in [1.807, 2.05) is 0 Å². The van der Waals surface area contributed by atoms with E-state index in [1.165, 1.54) is 24.3 Å². The maximum atomic E-state index is 13.7. The van der Waals surface area contributed by atoms with E-state index in [1.54, 1.807) is 0 Å². The molecular formula is C16H16ClF3N2O2. The normalized spacial score (nSPS) is 27.5. The molecule has 130 valence electrons. The van der Waals surface area contributed by atoms with Gasteiger partial charge in [-0.25, -0.2) is 0 Å². The van der Waals surface area contributed by atoms with E-state index < -0.39 is 23.7 Å². The third-order valence-electron chi connectivity index (χ3n) is 4.55. The highest BCUT2D eigenvalue weighted by Gasteiger charge is 2.68. The fraction of sp³-hybridized carbons (Fsp3) is 0.500. The van der Waals surface area contributed by atoms with Crippen LogP contribution in [0.2, 0.25) is 5.02 Å². The first-order valence-corrected chi connectivity index (χ1v) is 8.09. The summed E-state index contributed by atoms with van der Waals surface area (Å²) in [6, 6.07) is 5.58. The number of halogens is 4. The molecule has 2 atom stereocenters. The summed E-state index contributed by atoms with van der Waals surface area (Å²) in [5.41, 5.74) is -3.12. The van der Waals surface area contributed by atoms with Gasteiger partial charge in [0.15, 0.2) is 0 Å². The molecule has 1 aliphatic carbocycles. The lowest BCUT2D eigenvalue weighted by Gasteiger charge is -2.37. The maximum Gasteiger partial charge on any atom is 0.439 e. The molecule has 2 aliphatic rings. The Hall–Kier alpha value is -1.60. The van der Waals surface area contributed by atoms with E-state index in [0.29, 0.717) is 19.3 Å². The predicted octanol–water partition coefficient (Wildman–Crippen LogP) is 3.98. The van der Waals surface area contributed by atoms with E-state index in [4.69, 9.17) is 11.6 Å². The van der Waals surface area contributed by atoms with Crippen LogP contribution in [0.25, 0.3) is 0 Å². The highest BCUT2D eigenvalue weighted by molar-refractivity contribution is 6.31. The Morgan fingerprint density at radius 1 is 1.33 bits per heavy atom. The first-order valence-electron chi connectivity index (χ1n) is 7.71. The lowest BCUT2D eigenvalue weighted by atomic mass is 9.87. The van der Waals surface area contributed by atoms with E-state index in [9.17, 15) is 23.1 Å². The summed E-state index contributed by atoms with van der Waals surface area (Å²) in [7, 11) is 0. The van der Waals surface area contributed by atoms with Gasteiger partial charge in [0.25, 0.3) is 11.6 Å². The Kier molecular flexibility index (Phi) is 4.34. The fourth-order valence-electron chi connectivity index (χ4n) is 3.34. The van der Waals surface area contributed by atoms with Crippen molar-refractivity contribution in [2.75, 3.05) is 0 Å². The molecule has 1 N–H and O–H groups in total. The molecule has 1 saturated carbocycles. The van der Waals surface area contributed by atoms with Gasteiger partial charge in [0, 0.05) is 16.3 Å². The van der Waals surface area contributed by atoms with Crippen LogP contribution in [-0.4, -0.2) is 33.6 Å². The number of amides is 1. The van der Waals surface area contributed by atoms with Crippen LogP contribution in [0.1, 0.15) is 42.5 Å². The molecule has 1 aromatic rings. The van der Waals surface area contributed by atoms with Crippen LogP contribution in [0, 0.1) is 5.92 Å². The molecule has 4 nitrogen and oxygen atoms in total. The van der Waals surface area contributed by atoms with Crippen molar-refractivity contribution in [2.45, 2.75) is 44.0 Å². The van der Waals surface area contributed by atoms with Crippen LogP contribution in [0.4, 0.5) is 13.2 Å². The van der Waals surface area contributed by atoms with Crippen molar-refractivity contribution in [3.8, 4) is 0 Å². The summed E-state index contributed by atoms with van der Waals surface area (Å²) in [4.78, 5) is 12.6. The van der Waals surface area contributed by atoms with Crippen LogP contribution < -0.4 is 0 Å². The number of fused-ring (bicyclic) bond motifs is 1. The second-order valence-electron chi connectivity index (χ2n) is 6.09. The minimum absolute atomic E-state index is 0.0500. The molecule has 3 rings (SSSR count). The van der Waals surface area contributed by atoms with E-state index in [2.05, 4.69) is 5.10 Å². The van der Waals surface area contributed by atoms with Gasteiger partial charge in [0.1, 0.15) is 0 Å². The second kappa shape index (κ2) is 6.04. The molecule has 0 saturated heterocycles. The second-order valence-corrected chi connectivity index (χ2v) is 6.53. The third kappa shape index (κ3) is 2.69. The highest BCUT2D eigenvalue weighted by Crippen LogP contribution is 2.48. The van der Waals surface area contributed by atoms with Crippen LogP contribution in [0.3, 0.4) is 0 Å². The largest absolute Gasteiger partial charge is 0.439 e. The van der Waals surface area contributed by atoms with Crippen molar-refractivity contribution in [1.82, 2.24) is 5.01 Å². The molecule has 1 fully saturated rings. The number of hydrazone groups is 1. The van der Waals surface area contributed by atoms with Gasteiger partial charge in [-0.05, 0) is 37.5 Å². The maximum absolute atomic E-state index is 13.7. The number of carbonyl (C=O) groups excluding carboxylic acids is 1. The number of carbonyl (C=O) groups is 1. The number of nitrogens with zero attached hydrogens (tertiary/aromatic N) is 2. The molecule has 1 amide bonds. The van der Waals surface area contributed by atoms with Crippen LogP contribution in [-0.2, 0) is 0 Å². The van der Waals surface area contributed by atoms with Crippen LogP contribution in [0.5, 0.6) is 0 Å². The zero-order valence-corrected chi connectivity index (χ0v) is 13.4. The monoisotopic (exact) mass is 360 g/mol. The van der Waals surface area contributed by atoms with Gasteiger partial charge in [-0.15, -0.1) is 0 Å². The van der Waals surface area contributed by atoms with Crippen LogP contribution >= 0.6 is 11.6 Å². The summed E-state index contributed by atoms with van der Waals surface area (Å²) in [5, 5.41) is 14.8. The van der Waals surface area contributed by atoms with Gasteiger partial charge < -0.3 is 5.11 Å². The van der Waals surface area contributed by atoms with Gasteiger partial charge in [0.2, 0.25) is 0 Å². The summed E-state index contributed by atoms with van der Waals surface area (Å²) >= 11 is 5.81. The Labute approximate surface area is 141 Å². The number of hydrogen-bond donors (Lipinski definition) is 1. The molecule has 0 aromatic heterocycles. The SMILES string of the molecule is O=C(c1cccc(Cl)c1)N1N=C2CCCCC[C@@H]2[C@]1(O)C(F)(F)F. The first kappa shape index (κ1) is 17.2. The Morgan fingerprint density at radius 3 is 2.75 bits per heavy atom. The zero-order chi connectivity index (χ0) is 17.5. The molecule has 8 heteroatoms. The van der Waals surface area contributed by atoms with Gasteiger partial charge >= 0.3 is 6.18 Å². The average Bonchev–Trinajstić information content (AvgIpc) is 2.68. The number of rotatable bonds is 1. The Bertz CT molecular complexity index is 692. The van der Waals surface area contributed by atoms with Crippen molar-refractivity contribution >= 4 is 23.2 Å². The van der Waals surface area contributed by atoms with Crippen LogP contribution in [0.15, 0.2) is 29.4 Å². The van der Waals surface area contributed by atoms with Crippen molar-refractivity contribution < 1.29 is 23.1 Å². The summed E-state index contributed by atoms with van der Waals surface area (Å²) in [6.07, 6.45) is -2.48. The van der Waals surface area contributed by atoms with Gasteiger partial charge in [-0.2, -0.15) is 23.3 Å². The highest BCUT2D eigenvalue weighted by atomic mass is 35.5. The predicted molar refractivity (Wildman–Crippen MR) is 82.6 cm³/mol. The molecule has 0 bridgehead atoms. The number of alkyl halides is 3. The van der Waals surface area contributed by atoms with E-state index in [-0.39, 0.29) is 27.7 Å². The molecule has 1 heterocycles. The summed E-state index contributed by atoms with van der Waals surface area (Å²) < 4.78 is 41.1. The van der Waals surface area contributed by atoms with Gasteiger partial charge in [-0.1, -0.05) is 30.5 Å². The molecular weight excluding hydrogens is 345 g/mol. The van der Waals surface area contributed by atoms with Gasteiger partial charge in [-0.3, -0.25) is 4.79 Å². The van der Waals surface area contributed by atoms with E-state index >= 15 is 0 Å². The Balaban J connectivity index is 2.05. The minimum Gasteiger partial charge on any atom is -0.362 e. The molecule has 1 aliphatic heterocycles. The fourth-order valence-corrected chi connectivity index (χ4v) is 3.53. The lowest BCUT2D eigenvalue weighted by Crippen LogP contribution is -2.61. The molecule has 0 spiro atoms. The number of aliphatic hydroxyl groups is 1. The van der Waals surface area contributed by atoms with Crippen molar-refractivity contribution in [3.63, 3.8) is 0 Å².